The van der Waals surface area contributed by atoms with Crippen LogP contribution < -0.4 is 5.32 Å². The van der Waals surface area contributed by atoms with E-state index in [-0.39, 0.29) is 18.5 Å². The first-order valence-corrected chi connectivity index (χ1v) is 9.22. The normalized spacial score (nSPS) is 19.6. The number of carboxylic acid groups (broad SMARTS) is 1. The van der Waals surface area contributed by atoms with Crippen molar-refractivity contribution in [2.24, 2.45) is 5.92 Å². The summed E-state index contributed by atoms with van der Waals surface area (Å²) in [7, 11) is 0. The number of nitrogens with one attached hydrogen (secondary N) is 1. The Hall–Kier alpha value is -1.88. The van der Waals surface area contributed by atoms with E-state index < -0.39 is 12.0 Å². The third kappa shape index (κ3) is 5.85. The van der Waals surface area contributed by atoms with Gasteiger partial charge in [-0.05, 0) is 49.8 Å². The second kappa shape index (κ2) is 8.99. The molecule has 0 saturated carbocycles. The zero-order valence-electron chi connectivity index (χ0n) is 15.5. The van der Waals surface area contributed by atoms with Crippen LogP contribution in [0.3, 0.4) is 0 Å². The number of carboxylic acids is 1. The Bertz CT molecular complexity index is 583. The molecule has 1 aromatic carbocycles. The highest BCUT2D eigenvalue weighted by Gasteiger charge is 2.29. The Balaban J connectivity index is 1.89. The molecule has 1 aliphatic rings. The second-order valence-corrected chi connectivity index (χ2v) is 7.45. The molecular formula is C20H30N2O3. The number of piperidine rings is 1. The standard InChI is InChI=1S/C20H30N2O3/c1-14(2)12-16-7-9-17(10-8-16)15(3)21-19(23)13-22-11-5-4-6-18(22)20(24)25/h7-10,14-15,18H,4-6,11-13H2,1-3H3,(H,21,23)(H,24,25). The summed E-state index contributed by atoms with van der Waals surface area (Å²) in [5.41, 5.74) is 2.36. The Morgan fingerprint density at radius 2 is 1.88 bits per heavy atom. The number of hydrogen-bond acceptors (Lipinski definition) is 3. The summed E-state index contributed by atoms with van der Waals surface area (Å²) in [6.07, 6.45) is 3.53. The molecule has 2 N–H and O–H groups in total. The van der Waals surface area contributed by atoms with Crippen molar-refractivity contribution in [3.05, 3.63) is 35.4 Å². The van der Waals surface area contributed by atoms with E-state index in [9.17, 15) is 14.7 Å². The lowest BCUT2D eigenvalue weighted by molar-refractivity contribution is -0.145. The van der Waals surface area contributed by atoms with E-state index in [1.54, 1.807) is 4.90 Å². The molecule has 2 unspecified atom stereocenters. The minimum absolute atomic E-state index is 0.0892. The summed E-state index contributed by atoms with van der Waals surface area (Å²) in [4.78, 5) is 25.4. The van der Waals surface area contributed by atoms with Crippen molar-refractivity contribution in [1.82, 2.24) is 10.2 Å². The Labute approximate surface area is 150 Å². The summed E-state index contributed by atoms with van der Waals surface area (Å²) in [5, 5.41) is 12.3. The minimum Gasteiger partial charge on any atom is -0.480 e. The molecule has 2 rings (SSSR count). The molecule has 138 valence electrons. The van der Waals surface area contributed by atoms with E-state index in [0.29, 0.717) is 18.9 Å². The number of likely N-dealkylation sites (tertiary alicyclic amines) is 1. The molecule has 1 saturated heterocycles. The molecule has 0 spiro atoms. The SMILES string of the molecule is CC(C)Cc1ccc(C(C)NC(=O)CN2CCCCC2C(=O)O)cc1. The predicted octanol–water partition coefficient (Wildman–Crippen LogP) is 3.00. The van der Waals surface area contributed by atoms with Gasteiger partial charge in [-0.1, -0.05) is 44.5 Å². The van der Waals surface area contributed by atoms with E-state index in [1.807, 2.05) is 6.92 Å². The van der Waals surface area contributed by atoms with Crippen molar-refractivity contribution in [3.8, 4) is 0 Å². The predicted molar refractivity (Wildman–Crippen MR) is 98.4 cm³/mol. The Morgan fingerprint density at radius 3 is 2.48 bits per heavy atom. The van der Waals surface area contributed by atoms with Crippen LogP contribution in [0.5, 0.6) is 0 Å². The Morgan fingerprint density at radius 1 is 1.20 bits per heavy atom. The fourth-order valence-electron chi connectivity index (χ4n) is 3.43. The van der Waals surface area contributed by atoms with Crippen LogP contribution in [0.25, 0.3) is 0 Å². The maximum atomic E-state index is 12.3. The van der Waals surface area contributed by atoms with Gasteiger partial charge >= 0.3 is 5.97 Å². The minimum atomic E-state index is -0.832. The molecular weight excluding hydrogens is 316 g/mol. The first-order valence-electron chi connectivity index (χ1n) is 9.22. The summed E-state index contributed by atoms with van der Waals surface area (Å²) in [6, 6.07) is 7.72. The largest absolute Gasteiger partial charge is 0.480 e. The monoisotopic (exact) mass is 346 g/mol. The highest BCUT2D eigenvalue weighted by Crippen LogP contribution is 2.18. The Kier molecular flexibility index (Phi) is 7.00. The van der Waals surface area contributed by atoms with Crippen LogP contribution in [-0.4, -0.2) is 41.0 Å². The number of hydrogen-bond donors (Lipinski definition) is 2. The molecule has 5 heteroatoms. The van der Waals surface area contributed by atoms with Crippen LogP contribution in [0.4, 0.5) is 0 Å². The van der Waals surface area contributed by atoms with Gasteiger partial charge < -0.3 is 10.4 Å². The highest BCUT2D eigenvalue weighted by molar-refractivity contribution is 5.80. The molecule has 1 aliphatic heterocycles. The topological polar surface area (TPSA) is 69.6 Å². The van der Waals surface area contributed by atoms with Crippen molar-refractivity contribution in [2.75, 3.05) is 13.1 Å². The molecule has 0 radical (unpaired) electrons. The number of rotatable bonds is 7. The van der Waals surface area contributed by atoms with Gasteiger partial charge in [-0.3, -0.25) is 14.5 Å². The zero-order valence-corrected chi connectivity index (χ0v) is 15.5. The third-order valence-electron chi connectivity index (χ3n) is 4.75. The molecule has 0 aliphatic carbocycles. The van der Waals surface area contributed by atoms with E-state index >= 15 is 0 Å². The van der Waals surface area contributed by atoms with E-state index in [1.165, 1.54) is 5.56 Å². The van der Waals surface area contributed by atoms with Crippen LogP contribution in [0, 0.1) is 5.92 Å². The maximum absolute atomic E-state index is 12.3. The van der Waals surface area contributed by atoms with Crippen LogP contribution in [0.2, 0.25) is 0 Å². The van der Waals surface area contributed by atoms with E-state index in [4.69, 9.17) is 0 Å². The van der Waals surface area contributed by atoms with Crippen LogP contribution in [0.15, 0.2) is 24.3 Å². The van der Waals surface area contributed by atoms with Crippen molar-refractivity contribution >= 4 is 11.9 Å². The molecule has 1 fully saturated rings. The molecule has 1 amide bonds. The number of carbonyl (C=O) groups excluding carboxylic acids is 1. The lowest BCUT2D eigenvalue weighted by Crippen LogP contribution is -2.49. The number of aliphatic carboxylic acids is 1. The molecule has 0 aromatic heterocycles. The lowest BCUT2D eigenvalue weighted by atomic mass is 10.00. The molecule has 1 aromatic rings. The van der Waals surface area contributed by atoms with Crippen molar-refractivity contribution in [3.63, 3.8) is 0 Å². The maximum Gasteiger partial charge on any atom is 0.320 e. The average Bonchev–Trinajstić information content (AvgIpc) is 2.55. The van der Waals surface area contributed by atoms with Gasteiger partial charge in [0.2, 0.25) is 5.91 Å². The average molecular weight is 346 g/mol. The highest BCUT2D eigenvalue weighted by atomic mass is 16.4. The first-order chi connectivity index (χ1) is 11.9. The number of carbonyl (C=O) groups is 2. The van der Waals surface area contributed by atoms with Gasteiger partial charge in [0, 0.05) is 0 Å². The van der Waals surface area contributed by atoms with Crippen molar-refractivity contribution in [1.29, 1.82) is 0 Å². The van der Waals surface area contributed by atoms with Crippen LogP contribution in [0.1, 0.15) is 57.2 Å². The number of nitrogens with zero attached hydrogens (tertiary/aromatic N) is 1. The molecule has 2 atom stereocenters. The van der Waals surface area contributed by atoms with Crippen molar-refractivity contribution in [2.45, 2.75) is 58.5 Å². The van der Waals surface area contributed by atoms with E-state index in [2.05, 4.69) is 43.4 Å². The number of benzene rings is 1. The molecule has 5 nitrogen and oxygen atoms in total. The summed E-state index contributed by atoms with van der Waals surface area (Å²) < 4.78 is 0. The first kappa shape index (κ1) is 19.4. The summed E-state index contributed by atoms with van der Waals surface area (Å²) >= 11 is 0. The summed E-state index contributed by atoms with van der Waals surface area (Å²) in [6.45, 7) is 7.17. The molecule has 1 heterocycles. The van der Waals surface area contributed by atoms with Gasteiger partial charge in [0.15, 0.2) is 0 Å². The fourth-order valence-corrected chi connectivity index (χ4v) is 3.43. The van der Waals surface area contributed by atoms with Crippen LogP contribution in [-0.2, 0) is 16.0 Å². The summed E-state index contributed by atoms with van der Waals surface area (Å²) in [5.74, 6) is -0.331. The fraction of sp³-hybridized carbons (Fsp3) is 0.600. The smallest absolute Gasteiger partial charge is 0.320 e. The van der Waals surface area contributed by atoms with Gasteiger partial charge in [-0.25, -0.2) is 0 Å². The van der Waals surface area contributed by atoms with Gasteiger partial charge in [0.25, 0.3) is 0 Å². The quantitative estimate of drug-likeness (QED) is 0.796. The number of amides is 1. The zero-order chi connectivity index (χ0) is 18.4. The second-order valence-electron chi connectivity index (χ2n) is 7.45. The lowest BCUT2D eigenvalue weighted by Gasteiger charge is -2.32. The van der Waals surface area contributed by atoms with Gasteiger partial charge in [-0.2, -0.15) is 0 Å². The van der Waals surface area contributed by atoms with Gasteiger partial charge in [0.05, 0.1) is 12.6 Å². The molecule has 25 heavy (non-hydrogen) atoms. The van der Waals surface area contributed by atoms with Gasteiger partial charge in [-0.15, -0.1) is 0 Å². The third-order valence-corrected chi connectivity index (χ3v) is 4.75. The molecule has 0 bridgehead atoms. The van der Waals surface area contributed by atoms with Crippen molar-refractivity contribution < 1.29 is 14.7 Å². The van der Waals surface area contributed by atoms with Crippen LogP contribution >= 0.6 is 0 Å². The van der Waals surface area contributed by atoms with E-state index in [0.717, 1.165) is 24.8 Å². The van der Waals surface area contributed by atoms with Gasteiger partial charge in [0.1, 0.15) is 6.04 Å².